The highest BCUT2D eigenvalue weighted by Crippen LogP contribution is 2.25. The molecule has 0 aromatic heterocycles. The van der Waals surface area contributed by atoms with Gasteiger partial charge in [0.25, 0.3) is 11.6 Å². The predicted octanol–water partition coefficient (Wildman–Crippen LogP) is 0.116. The summed E-state index contributed by atoms with van der Waals surface area (Å²) in [5, 5.41) is 18.4. The lowest BCUT2D eigenvalue weighted by molar-refractivity contribution is -0.384. The van der Waals surface area contributed by atoms with E-state index in [4.69, 9.17) is 6.42 Å². The van der Waals surface area contributed by atoms with Crippen molar-refractivity contribution in [2.45, 2.75) is 0 Å². The third-order valence-electron chi connectivity index (χ3n) is 2.51. The maximum atomic E-state index is 11.4. The Balaban J connectivity index is 2.87. The normalized spacial score (nSPS) is 9.33. The number of nitro benzene ring substituents is 1. The molecule has 0 saturated heterocycles. The molecule has 21 heavy (non-hydrogen) atoms. The van der Waals surface area contributed by atoms with Crippen molar-refractivity contribution < 1.29 is 14.5 Å². The van der Waals surface area contributed by atoms with E-state index in [-0.39, 0.29) is 30.0 Å². The van der Waals surface area contributed by atoms with Crippen LogP contribution >= 0.6 is 0 Å². The second-order valence-electron chi connectivity index (χ2n) is 3.90. The van der Waals surface area contributed by atoms with Gasteiger partial charge in [-0.15, -0.1) is 6.42 Å². The Morgan fingerprint density at radius 2 is 2.14 bits per heavy atom. The Morgan fingerprint density at radius 1 is 1.43 bits per heavy atom. The van der Waals surface area contributed by atoms with Crippen LogP contribution in [0.2, 0.25) is 0 Å². The number of hydrogen-bond donors (Lipinski definition) is 3. The zero-order valence-corrected chi connectivity index (χ0v) is 11.3. The molecule has 8 heteroatoms. The van der Waals surface area contributed by atoms with Crippen molar-refractivity contribution in [1.29, 1.82) is 0 Å². The molecule has 0 aliphatic heterocycles. The van der Waals surface area contributed by atoms with Crippen LogP contribution in [0, 0.1) is 22.5 Å². The quantitative estimate of drug-likeness (QED) is 0.391. The number of rotatable bonds is 6. The van der Waals surface area contributed by atoms with Crippen LogP contribution in [0.15, 0.2) is 18.2 Å². The number of amides is 2. The van der Waals surface area contributed by atoms with Gasteiger partial charge in [0.2, 0.25) is 5.91 Å². The topological polar surface area (TPSA) is 113 Å². The van der Waals surface area contributed by atoms with E-state index in [0.717, 1.165) is 6.07 Å². The number of carbonyl (C=O) groups excluding carboxylic acids is 2. The smallest absolute Gasteiger partial charge is 0.293 e. The monoisotopic (exact) mass is 290 g/mol. The summed E-state index contributed by atoms with van der Waals surface area (Å²) in [6.45, 7) is -0.0833. The Hall–Kier alpha value is -3.08. The molecule has 1 aromatic carbocycles. The molecule has 0 spiro atoms. The van der Waals surface area contributed by atoms with E-state index in [2.05, 4.69) is 21.9 Å². The Kier molecular flexibility index (Phi) is 5.70. The van der Waals surface area contributed by atoms with Gasteiger partial charge >= 0.3 is 0 Å². The maximum absolute atomic E-state index is 11.4. The van der Waals surface area contributed by atoms with Crippen LogP contribution in [0.1, 0.15) is 10.4 Å². The van der Waals surface area contributed by atoms with Crippen molar-refractivity contribution in [2.75, 3.05) is 25.5 Å². The summed E-state index contributed by atoms with van der Waals surface area (Å²) in [5.74, 6) is 1.42. The molecule has 3 N–H and O–H groups in total. The van der Waals surface area contributed by atoms with Gasteiger partial charge in [-0.2, -0.15) is 0 Å². The number of anilines is 1. The van der Waals surface area contributed by atoms with Gasteiger partial charge in [0.15, 0.2) is 0 Å². The van der Waals surface area contributed by atoms with Gasteiger partial charge in [-0.1, -0.05) is 5.92 Å². The molecule has 1 aromatic rings. The third-order valence-corrected chi connectivity index (χ3v) is 2.51. The first-order valence-corrected chi connectivity index (χ1v) is 5.94. The molecule has 0 radical (unpaired) electrons. The number of terminal acetylenes is 1. The van der Waals surface area contributed by atoms with Gasteiger partial charge in [0, 0.05) is 18.7 Å². The van der Waals surface area contributed by atoms with Crippen molar-refractivity contribution in [3.8, 4) is 12.3 Å². The fraction of sp³-hybridized carbons (Fsp3) is 0.231. The van der Waals surface area contributed by atoms with E-state index in [1.165, 1.54) is 19.2 Å². The van der Waals surface area contributed by atoms with E-state index in [1.54, 1.807) is 0 Å². The summed E-state index contributed by atoms with van der Waals surface area (Å²) >= 11 is 0. The van der Waals surface area contributed by atoms with Gasteiger partial charge in [-0.25, -0.2) is 0 Å². The van der Waals surface area contributed by atoms with E-state index < -0.39 is 16.7 Å². The Labute approximate surface area is 121 Å². The molecule has 0 saturated carbocycles. The first-order chi connectivity index (χ1) is 9.99. The standard InChI is InChI=1S/C13H14N4O4/c1-3-6-15-12(18)8-16-10-5-4-9(13(19)14-2)7-11(10)17(20)21/h1,4-5,7,16H,6,8H2,2H3,(H,14,19)(H,15,18). The van der Waals surface area contributed by atoms with Crippen molar-refractivity contribution >= 4 is 23.2 Å². The van der Waals surface area contributed by atoms with Crippen LogP contribution in [0.4, 0.5) is 11.4 Å². The molecule has 0 aliphatic rings. The third kappa shape index (κ3) is 4.50. The summed E-state index contributed by atoms with van der Waals surface area (Å²) in [6.07, 6.45) is 4.99. The minimum atomic E-state index is -0.631. The van der Waals surface area contributed by atoms with E-state index in [1.807, 2.05) is 0 Å². The average Bonchev–Trinajstić information content (AvgIpc) is 2.49. The zero-order valence-electron chi connectivity index (χ0n) is 11.3. The summed E-state index contributed by atoms with van der Waals surface area (Å²) in [6, 6.07) is 3.94. The van der Waals surface area contributed by atoms with Gasteiger partial charge in [-0.05, 0) is 12.1 Å². The molecule has 1 rings (SSSR count). The first kappa shape index (κ1) is 16.0. The average molecular weight is 290 g/mol. The lowest BCUT2D eigenvalue weighted by Gasteiger charge is -2.08. The number of nitrogens with zero attached hydrogens (tertiary/aromatic N) is 1. The van der Waals surface area contributed by atoms with E-state index >= 15 is 0 Å². The molecule has 110 valence electrons. The number of hydrogen-bond acceptors (Lipinski definition) is 5. The van der Waals surface area contributed by atoms with Crippen molar-refractivity contribution in [2.24, 2.45) is 0 Å². The predicted molar refractivity (Wildman–Crippen MR) is 76.8 cm³/mol. The molecule has 0 aliphatic carbocycles. The molecule has 0 unspecified atom stereocenters. The van der Waals surface area contributed by atoms with Crippen LogP contribution in [0.25, 0.3) is 0 Å². The fourth-order valence-electron chi connectivity index (χ4n) is 1.51. The van der Waals surface area contributed by atoms with Crippen LogP contribution in [-0.4, -0.2) is 36.9 Å². The molecule has 2 amide bonds. The van der Waals surface area contributed by atoms with Gasteiger partial charge in [0.05, 0.1) is 18.0 Å². The summed E-state index contributed by atoms with van der Waals surface area (Å²) in [5.41, 5.74) is 0.0101. The lowest BCUT2D eigenvalue weighted by atomic mass is 10.1. The molecule has 0 atom stereocenters. The number of carbonyl (C=O) groups is 2. The van der Waals surface area contributed by atoms with E-state index in [0.29, 0.717) is 0 Å². The first-order valence-electron chi connectivity index (χ1n) is 5.94. The summed E-state index contributed by atoms with van der Waals surface area (Å²) in [7, 11) is 1.43. The SMILES string of the molecule is C#CCNC(=O)CNc1ccc(C(=O)NC)cc1[N+](=O)[O-]. The molecular formula is C13H14N4O4. The van der Waals surface area contributed by atoms with Gasteiger partial charge in [-0.3, -0.25) is 19.7 Å². The molecule has 0 bridgehead atoms. The molecule has 0 heterocycles. The van der Waals surface area contributed by atoms with Crippen LogP contribution in [-0.2, 0) is 4.79 Å². The van der Waals surface area contributed by atoms with Crippen molar-refractivity contribution in [1.82, 2.24) is 10.6 Å². The fourth-order valence-corrected chi connectivity index (χ4v) is 1.51. The minimum Gasteiger partial charge on any atom is -0.371 e. The second kappa shape index (κ2) is 7.49. The highest BCUT2D eigenvalue weighted by Gasteiger charge is 2.17. The molecular weight excluding hydrogens is 276 g/mol. The number of nitro groups is 1. The van der Waals surface area contributed by atoms with Crippen molar-refractivity contribution in [3.05, 3.63) is 33.9 Å². The van der Waals surface area contributed by atoms with Gasteiger partial charge < -0.3 is 16.0 Å². The number of nitrogens with one attached hydrogen (secondary N) is 3. The lowest BCUT2D eigenvalue weighted by Crippen LogP contribution is -2.30. The highest BCUT2D eigenvalue weighted by molar-refractivity contribution is 5.95. The van der Waals surface area contributed by atoms with Gasteiger partial charge in [0.1, 0.15) is 5.69 Å². The van der Waals surface area contributed by atoms with Crippen molar-refractivity contribution in [3.63, 3.8) is 0 Å². The summed E-state index contributed by atoms with van der Waals surface area (Å²) < 4.78 is 0. The number of benzene rings is 1. The maximum Gasteiger partial charge on any atom is 0.293 e. The van der Waals surface area contributed by atoms with E-state index in [9.17, 15) is 19.7 Å². The van der Waals surface area contributed by atoms with Crippen LogP contribution < -0.4 is 16.0 Å². The Morgan fingerprint density at radius 3 is 2.71 bits per heavy atom. The summed E-state index contributed by atoms with van der Waals surface area (Å²) in [4.78, 5) is 33.2. The molecule has 8 nitrogen and oxygen atoms in total. The minimum absolute atomic E-state index is 0.0816. The Bertz CT molecular complexity index is 607. The molecule has 0 fully saturated rings. The van der Waals surface area contributed by atoms with Crippen LogP contribution in [0.5, 0.6) is 0 Å². The largest absolute Gasteiger partial charge is 0.371 e. The highest BCUT2D eigenvalue weighted by atomic mass is 16.6. The second-order valence-corrected chi connectivity index (χ2v) is 3.90. The zero-order chi connectivity index (χ0) is 15.8. The van der Waals surface area contributed by atoms with Crippen LogP contribution in [0.3, 0.4) is 0 Å².